The fourth-order valence-corrected chi connectivity index (χ4v) is 4.04. The Bertz CT molecular complexity index is 478. The van der Waals surface area contributed by atoms with Crippen molar-refractivity contribution in [2.24, 2.45) is 5.92 Å². The van der Waals surface area contributed by atoms with Crippen molar-refractivity contribution in [2.75, 3.05) is 13.2 Å². The number of carbonyl (C=O) groups is 2. The standard InChI is InChI=1S/C28H54O6/c1-4-5-6-7-8-9-10-11-12-13-14-15-16-17-18-19-20-26(28(32)34-23-25(3)30)21-27(31)33-22-24(2)29/h24-26,29-30H,4-23H2,1-3H3. The van der Waals surface area contributed by atoms with Crippen LogP contribution >= 0.6 is 0 Å². The van der Waals surface area contributed by atoms with Gasteiger partial charge in [0, 0.05) is 0 Å². The molecule has 3 unspecified atom stereocenters. The number of ether oxygens (including phenoxy) is 2. The zero-order valence-electron chi connectivity index (χ0n) is 22.4. The van der Waals surface area contributed by atoms with Crippen LogP contribution in [0.3, 0.4) is 0 Å². The highest BCUT2D eigenvalue weighted by Gasteiger charge is 2.24. The molecule has 0 rings (SSSR count). The highest BCUT2D eigenvalue weighted by molar-refractivity contribution is 5.79. The molecule has 0 saturated heterocycles. The van der Waals surface area contributed by atoms with Crippen molar-refractivity contribution in [3.05, 3.63) is 0 Å². The van der Waals surface area contributed by atoms with Crippen molar-refractivity contribution >= 4 is 11.9 Å². The molecule has 6 heteroatoms. The predicted octanol–water partition coefficient (Wildman–Crippen LogP) is 6.49. The molecule has 0 heterocycles. The van der Waals surface area contributed by atoms with Crippen LogP contribution in [-0.4, -0.2) is 47.6 Å². The molecule has 2 N–H and O–H groups in total. The summed E-state index contributed by atoms with van der Waals surface area (Å²) in [7, 11) is 0. The Kier molecular flexibility index (Phi) is 22.8. The van der Waals surface area contributed by atoms with Gasteiger partial charge in [0.15, 0.2) is 0 Å². The molecular formula is C28H54O6. The third-order valence-corrected chi connectivity index (χ3v) is 6.10. The second kappa shape index (κ2) is 23.6. The monoisotopic (exact) mass is 486 g/mol. The number of hydrogen-bond donors (Lipinski definition) is 2. The van der Waals surface area contributed by atoms with Gasteiger partial charge in [0.2, 0.25) is 0 Å². The lowest BCUT2D eigenvalue weighted by Crippen LogP contribution is -2.26. The van der Waals surface area contributed by atoms with Gasteiger partial charge >= 0.3 is 11.9 Å². The van der Waals surface area contributed by atoms with Crippen molar-refractivity contribution < 1.29 is 29.3 Å². The molecule has 0 aromatic heterocycles. The van der Waals surface area contributed by atoms with E-state index in [9.17, 15) is 19.8 Å². The number of rotatable bonds is 24. The van der Waals surface area contributed by atoms with Gasteiger partial charge in [-0.2, -0.15) is 0 Å². The van der Waals surface area contributed by atoms with Gasteiger partial charge < -0.3 is 19.7 Å². The van der Waals surface area contributed by atoms with E-state index in [0.29, 0.717) is 6.42 Å². The summed E-state index contributed by atoms with van der Waals surface area (Å²) in [5.74, 6) is -1.53. The van der Waals surface area contributed by atoms with Crippen LogP contribution in [0.4, 0.5) is 0 Å². The first-order valence-corrected chi connectivity index (χ1v) is 14.0. The molecule has 0 aliphatic carbocycles. The van der Waals surface area contributed by atoms with Crippen molar-refractivity contribution in [1.82, 2.24) is 0 Å². The number of unbranched alkanes of at least 4 members (excludes halogenated alkanes) is 15. The fraction of sp³-hybridized carbons (Fsp3) is 0.929. The van der Waals surface area contributed by atoms with Gasteiger partial charge in [0.25, 0.3) is 0 Å². The molecule has 0 aromatic rings. The molecule has 0 fully saturated rings. The summed E-state index contributed by atoms with van der Waals surface area (Å²) in [4.78, 5) is 24.3. The molecule has 0 aliphatic rings. The summed E-state index contributed by atoms with van der Waals surface area (Å²) >= 11 is 0. The highest BCUT2D eigenvalue weighted by Crippen LogP contribution is 2.19. The maximum absolute atomic E-state index is 12.3. The molecule has 0 spiro atoms. The molecule has 34 heavy (non-hydrogen) atoms. The molecule has 202 valence electrons. The van der Waals surface area contributed by atoms with Gasteiger partial charge in [-0.15, -0.1) is 0 Å². The van der Waals surface area contributed by atoms with Crippen LogP contribution in [0.1, 0.15) is 136 Å². The Hall–Kier alpha value is -1.14. The number of esters is 2. The van der Waals surface area contributed by atoms with E-state index >= 15 is 0 Å². The third kappa shape index (κ3) is 22.6. The van der Waals surface area contributed by atoms with Crippen LogP contribution in [0.25, 0.3) is 0 Å². The minimum absolute atomic E-state index is 0.0515. The zero-order chi connectivity index (χ0) is 25.4. The van der Waals surface area contributed by atoms with Crippen LogP contribution in [-0.2, 0) is 19.1 Å². The summed E-state index contributed by atoms with van der Waals surface area (Å²) in [6.07, 6.45) is 19.6. The van der Waals surface area contributed by atoms with Gasteiger partial charge in [0.1, 0.15) is 13.2 Å². The second-order valence-corrected chi connectivity index (χ2v) is 10.0. The van der Waals surface area contributed by atoms with Gasteiger partial charge in [0.05, 0.1) is 24.5 Å². The van der Waals surface area contributed by atoms with Gasteiger partial charge in [-0.25, -0.2) is 0 Å². The molecule has 0 amide bonds. The Morgan fingerprint density at radius 1 is 0.618 bits per heavy atom. The van der Waals surface area contributed by atoms with Crippen LogP contribution in [0.15, 0.2) is 0 Å². The lowest BCUT2D eigenvalue weighted by Gasteiger charge is -2.16. The van der Waals surface area contributed by atoms with Gasteiger partial charge in [-0.3, -0.25) is 9.59 Å². The smallest absolute Gasteiger partial charge is 0.309 e. The largest absolute Gasteiger partial charge is 0.463 e. The Labute approximate surface area is 209 Å². The normalized spacial score (nSPS) is 13.9. The van der Waals surface area contributed by atoms with E-state index in [2.05, 4.69) is 6.92 Å². The summed E-state index contributed by atoms with van der Waals surface area (Å²) in [5.41, 5.74) is 0. The average Bonchev–Trinajstić information content (AvgIpc) is 2.80. The van der Waals surface area contributed by atoms with Crippen LogP contribution in [0.2, 0.25) is 0 Å². The quantitative estimate of drug-likeness (QED) is 0.120. The summed E-state index contributed by atoms with van der Waals surface area (Å²) < 4.78 is 10.1. The third-order valence-electron chi connectivity index (χ3n) is 6.10. The first-order chi connectivity index (χ1) is 16.4. The first-order valence-electron chi connectivity index (χ1n) is 14.0. The molecule has 0 aliphatic heterocycles. The van der Waals surface area contributed by atoms with E-state index in [0.717, 1.165) is 19.3 Å². The maximum Gasteiger partial charge on any atom is 0.309 e. The van der Waals surface area contributed by atoms with E-state index in [-0.39, 0.29) is 19.6 Å². The van der Waals surface area contributed by atoms with Crippen molar-refractivity contribution in [1.29, 1.82) is 0 Å². The number of hydrogen-bond acceptors (Lipinski definition) is 6. The minimum Gasteiger partial charge on any atom is -0.463 e. The maximum atomic E-state index is 12.3. The van der Waals surface area contributed by atoms with E-state index in [1.165, 1.54) is 90.4 Å². The molecule has 0 aromatic carbocycles. The number of carbonyl (C=O) groups excluding carboxylic acids is 2. The lowest BCUT2D eigenvalue weighted by molar-refractivity contribution is -0.158. The Morgan fingerprint density at radius 3 is 1.41 bits per heavy atom. The summed E-state index contributed by atoms with van der Waals surface area (Å²) in [6, 6.07) is 0. The van der Waals surface area contributed by atoms with Gasteiger partial charge in [-0.05, 0) is 20.3 Å². The summed E-state index contributed by atoms with van der Waals surface area (Å²) in [6.45, 7) is 5.20. The molecule has 3 atom stereocenters. The zero-order valence-corrected chi connectivity index (χ0v) is 22.4. The average molecular weight is 487 g/mol. The van der Waals surface area contributed by atoms with Crippen molar-refractivity contribution in [3.8, 4) is 0 Å². The topological polar surface area (TPSA) is 93.1 Å². The Balaban J connectivity index is 3.84. The van der Waals surface area contributed by atoms with Crippen LogP contribution in [0.5, 0.6) is 0 Å². The number of aliphatic hydroxyl groups excluding tert-OH is 2. The minimum atomic E-state index is -0.734. The SMILES string of the molecule is CCCCCCCCCCCCCCCCCCC(CC(=O)OCC(C)O)C(=O)OCC(C)O. The lowest BCUT2D eigenvalue weighted by atomic mass is 9.97. The molecule has 0 radical (unpaired) electrons. The van der Waals surface area contributed by atoms with E-state index < -0.39 is 30.1 Å². The predicted molar refractivity (Wildman–Crippen MR) is 138 cm³/mol. The number of aliphatic hydroxyl groups is 2. The Morgan fingerprint density at radius 2 is 1.00 bits per heavy atom. The highest BCUT2D eigenvalue weighted by atomic mass is 16.5. The van der Waals surface area contributed by atoms with Crippen molar-refractivity contribution in [2.45, 2.75) is 149 Å². The van der Waals surface area contributed by atoms with Crippen LogP contribution in [0, 0.1) is 5.92 Å². The first kappa shape index (κ1) is 32.9. The van der Waals surface area contributed by atoms with E-state index in [1.54, 1.807) is 6.92 Å². The van der Waals surface area contributed by atoms with Crippen molar-refractivity contribution in [3.63, 3.8) is 0 Å². The van der Waals surface area contributed by atoms with E-state index in [4.69, 9.17) is 9.47 Å². The van der Waals surface area contributed by atoms with Gasteiger partial charge in [-0.1, -0.05) is 110 Å². The molecule has 6 nitrogen and oxygen atoms in total. The summed E-state index contributed by atoms with van der Waals surface area (Å²) in [5, 5.41) is 18.6. The fourth-order valence-electron chi connectivity index (χ4n) is 4.04. The molecular weight excluding hydrogens is 432 g/mol. The second-order valence-electron chi connectivity index (χ2n) is 10.0. The van der Waals surface area contributed by atoms with Crippen LogP contribution < -0.4 is 0 Å². The molecule has 0 saturated carbocycles. The van der Waals surface area contributed by atoms with E-state index in [1.807, 2.05) is 0 Å². The molecule has 0 bridgehead atoms.